The zero-order valence-corrected chi connectivity index (χ0v) is 16.2. The summed E-state index contributed by atoms with van der Waals surface area (Å²) in [6.07, 6.45) is 1.07. The number of nitrogens with zero attached hydrogens (tertiary/aromatic N) is 2. The molecule has 0 aliphatic heterocycles. The summed E-state index contributed by atoms with van der Waals surface area (Å²) in [5.74, 6) is 0.831. The van der Waals surface area contributed by atoms with Crippen LogP contribution >= 0.6 is 0 Å². The van der Waals surface area contributed by atoms with Crippen molar-refractivity contribution >= 4 is 28.5 Å². The van der Waals surface area contributed by atoms with Gasteiger partial charge in [-0.3, -0.25) is 4.79 Å². The number of hydrogen-bond donors (Lipinski definition) is 2. The number of nitrogens with two attached hydrogens (primary N) is 1. The van der Waals surface area contributed by atoms with Crippen molar-refractivity contribution in [2.45, 2.75) is 40.2 Å². The van der Waals surface area contributed by atoms with Gasteiger partial charge in [0.15, 0.2) is 0 Å². The maximum atomic E-state index is 11.4. The molecular formula is C20H28N4O2. The van der Waals surface area contributed by atoms with E-state index in [1.165, 1.54) is 6.92 Å². The van der Waals surface area contributed by atoms with Gasteiger partial charge in [-0.05, 0) is 31.0 Å². The van der Waals surface area contributed by atoms with Gasteiger partial charge in [-0.2, -0.15) is 4.99 Å². The van der Waals surface area contributed by atoms with Crippen molar-refractivity contribution in [3.05, 3.63) is 35.4 Å². The molecule has 6 nitrogen and oxygen atoms in total. The molecule has 140 valence electrons. The van der Waals surface area contributed by atoms with Gasteiger partial charge < -0.3 is 15.8 Å². The Morgan fingerprint density at radius 3 is 2.73 bits per heavy atom. The van der Waals surface area contributed by atoms with Crippen LogP contribution < -0.4 is 11.1 Å². The van der Waals surface area contributed by atoms with Crippen LogP contribution in [-0.4, -0.2) is 36.5 Å². The van der Waals surface area contributed by atoms with Gasteiger partial charge in [0.2, 0.25) is 5.91 Å². The Morgan fingerprint density at radius 2 is 2.12 bits per heavy atom. The predicted molar refractivity (Wildman–Crippen MR) is 107 cm³/mol. The molecule has 0 aliphatic carbocycles. The molecule has 0 aliphatic rings. The van der Waals surface area contributed by atoms with Crippen molar-refractivity contribution in [2.75, 3.05) is 19.0 Å². The smallest absolute Gasteiger partial charge is 0.244 e. The highest BCUT2D eigenvalue weighted by Crippen LogP contribution is 2.22. The second-order valence-corrected chi connectivity index (χ2v) is 6.64. The number of aryl methyl sites for hydroxylation is 1. The Labute approximate surface area is 154 Å². The third kappa shape index (κ3) is 4.79. The molecule has 6 heteroatoms. The number of carbonyl (C=O) groups excluding carboxylic acids is 1. The average molecular weight is 356 g/mol. The highest BCUT2D eigenvalue weighted by Gasteiger charge is 2.17. The molecule has 0 bridgehead atoms. The van der Waals surface area contributed by atoms with E-state index in [4.69, 9.17) is 15.5 Å². The zero-order chi connectivity index (χ0) is 19.3. The summed E-state index contributed by atoms with van der Waals surface area (Å²) in [6, 6.07) is 7.95. The number of carbonyl (C=O) groups is 1. The molecule has 2 unspecified atom stereocenters. The van der Waals surface area contributed by atoms with Gasteiger partial charge in [0.25, 0.3) is 0 Å². The minimum atomic E-state index is -0.341. The number of pyridine rings is 1. The fraction of sp³-hybridized carbons (Fsp3) is 0.450. The Bertz CT molecular complexity index is 817. The number of hydrogen-bond acceptors (Lipinski definition) is 4. The minimum Gasteiger partial charge on any atom is -0.383 e. The normalized spacial score (nSPS) is 14.3. The maximum Gasteiger partial charge on any atom is 0.244 e. The molecule has 0 saturated heterocycles. The Kier molecular flexibility index (Phi) is 6.69. The molecule has 1 heterocycles. The van der Waals surface area contributed by atoms with E-state index in [2.05, 4.69) is 24.2 Å². The van der Waals surface area contributed by atoms with E-state index in [9.17, 15) is 4.79 Å². The molecular weight excluding hydrogens is 328 g/mol. The number of ether oxygens (including phenoxy) is 1. The number of amidine groups is 1. The summed E-state index contributed by atoms with van der Waals surface area (Å²) >= 11 is 0. The first-order valence-corrected chi connectivity index (χ1v) is 8.88. The average Bonchev–Trinajstić information content (AvgIpc) is 2.60. The zero-order valence-electron chi connectivity index (χ0n) is 16.2. The number of fused-ring (bicyclic) bond motifs is 1. The third-order valence-electron chi connectivity index (χ3n) is 4.58. The number of nitrogens with one attached hydrogen (secondary N) is 1. The fourth-order valence-electron chi connectivity index (χ4n) is 2.83. The second kappa shape index (κ2) is 8.76. The highest BCUT2D eigenvalue weighted by atomic mass is 16.5. The largest absolute Gasteiger partial charge is 0.383 e. The number of aliphatic imine (C=N–C) groups is 1. The first kappa shape index (κ1) is 19.8. The van der Waals surface area contributed by atoms with E-state index in [1.54, 1.807) is 7.11 Å². The first-order chi connectivity index (χ1) is 12.3. The SMILES string of the molecule is CCC(C)C(CNc1nc2ccc(C)cc2cc1C(N)=NC(C)=O)OC. The van der Waals surface area contributed by atoms with Gasteiger partial charge in [-0.1, -0.05) is 31.9 Å². The lowest BCUT2D eigenvalue weighted by Crippen LogP contribution is -2.29. The van der Waals surface area contributed by atoms with Gasteiger partial charge in [0.05, 0.1) is 17.2 Å². The number of rotatable bonds is 7. The van der Waals surface area contributed by atoms with E-state index >= 15 is 0 Å². The van der Waals surface area contributed by atoms with Crippen molar-refractivity contribution in [2.24, 2.45) is 16.6 Å². The van der Waals surface area contributed by atoms with Crippen LogP contribution in [0.1, 0.15) is 38.3 Å². The van der Waals surface area contributed by atoms with E-state index < -0.39 is 0 Å². The number of benzene rings is 1. The van der Waals surface area contributed by atoms with Crippen molar-refractivity contribution in [1.82, 2.24) is 4.98 Å². The molecule has 0 spiro atoms. The van der Waals surface area contributed by atoms with Crippen LogP contribution in [-0.2, 0) is 9.53 Å². The summed E-state index contributed by atoms with van der Waals surface area (Å²) in [7, 11) is 1.71. The van der Waals surface area contributed by atoms with Crippen LogP contribution in [0.3, 0.4) is 0 Å². The Hall–Kier alpha value is -2.47. The molecule has 0 radical (unpaired) electrons. The lowest BCUT2D eigenvalue weighted by molar-refractivity contribution is -0.115. The number of amides is 1. The second-order valence-electron chi connectivity index (χ2n) is 6.64. The number of methoxy groups -OCH3 is 1. The molecule has 1 aromatic heterocycles. The highest BCUT2D eigenvalue weighted by molar-refractivity contribution is 6.08. The van der Waals surface area contributed by atoms with Crippen LogP contribution in [0.2, 0.25) is 0 Å². The van der Waals surface area contributed by atoms with Gasteiger partial charge in [0, 0.05) is 26.0 Å². The maximum absolute atomic E-state index is 11.4. The van der Waals surface area contributed by atoms with Crippen molar-refractivity contribution < 1.29 is 9.53 Å². The van der Waals surface area contributed by atoms with Gasteiger partial charge in [0.1, 0.15) is 11.7 Å². The predicted octanol–water partition coefficient (Wildman–Crippen LogP) is 3.27. The summed E-state index contributed by atoms with van der Waals surface area (Å²) in [5, 5.41) is 4.29. The van der Waals surface area contributed by atoms with Gasteiger partial charge in [-0.15, -0.1) is 0 Å². The van der Waals surface area contributed by atoms with E-state index in [0.29, 0.717) is 23.8 Å². The molecule has 2 atom stereocenters. The molecule has 3 N–H and O–H groups in total. The van der Waals surface area contributed by atoms with Crippen LogP contribution in [0.5, 0.6) is 0 Å². The van der Waals surface area contributed by atoms with E-state index in [1.807, 2.05) is 31.2 Å². The minimum absolute atomic E-state index is 0.0503. The van der Waals surface area contributed by atoms with E-state index in [0.717, 1.165) is 22.9 Å². The standard InChI is InChI=1S/C20H28N4O2/c1-6-13(3)18(26-5)11-22-20-16(19(21)23-14(4)25)10-15-9-12(2)7-8-17(15)24-20/h7-10,13,18H,6,11H2,1-5H3,(H,22,24)(H2,21,23,25). The quantitative estimate of drug-likeness (QED) is 0.587. The summed E-state index contributed by atoms with van der Waals surface area (Å²) in [5.41, 5.74) is 8.68. The van der Waals surface area contributed by atoms with Crippen molar-refractivity contribution in [3.63, 3.8) is 0 Å². The molecule has 0 saturated carbocycles. The topological polar surface area (TPSA) is 89.6 Å². The van der Waals surface area contributed by atoms with Crippen LogP contribution in [0.4, 0.5) is 5.82 Å². The third-order valence-corrected chi connectivity index (χ3v) is 4.58. The molecule has 0 fully saturated rings. The summed E-state index contributed by atoms with van der Waals surface area (Å²) in [4.78, 5) is 19.9. The van der Waals surface area contributed by atoms with Crippen LogP contribution in [0.15, 0.2) is 29.3 Å². The lowest BCUT2D eigenvalue weighted by Gasteiger charge is -2.23. The molecule has 1 amide bonds. The lowest BCUT2D eigenvalue weighted by atomic mass is 10.0. The monoisotopic (exact) mass is 356 g/mol. The number of anilines is 1. The van der Waals surface area contributed by atoms with Gasteiger partial charge in [-0.25, -0.2) is 4.98 Å². The van der Waals surface area contributed by atoms with Crippen LogP contribution in [0.25, 0.3) is 10.9 Å². The fourth-order valence-corrected chi connectivity index (χ4v) is 2.83. The van der Waals surface area contributed by atoms with Crippen LogP contribution in [0, 0.1) is 12.8 Å². The molecule has 2 rings (SSSR count). The molecule has 2 aromatic rings. The van der Waals surface area contributed by atoms with Crippen molar-refractivity contribution in [1.29, 1.82) is 0 Å². The molecule has 26 heavy (non-hydrogen) atoms. The molecule has 1 aromatic carbocycles. The Morgan fingerprint density at radius 1 is 1.38 bits per heavy atom. The first-order valence-electron chi connectivity index (χ1n) is 8.88. The summed E-state index contributed by atoms with van der Waals surface area (Å²) < 4.78 is 5.59. The number of aromatic nitrogens is 1. The van der Waals surface area contributed by atoms with Gasteiger partial charge >= 0.3 is 0 Å². The summed E-state index contributed by atoms with van der Waals surface area (Å²) in [6.45, 7) is 8.28. The van der Waals surface area contributed by atoms with Crippen molar-refractivity contribution in [3.8, 4) is 0 Å². The Balaban J connectivity index is 2.44. The van der Waals surface area contributed by atoms with E-state index in [-0.39, 0.29) is 17.8 Å².